The van der Waals surface area contributed by atoms with Crippen molar-refractivity contribution in [2.45, 2.75) is 58.7 Å². The maximum absolute atomic E-state index is 13.1. The van der Waals surface area contributed by atoms with Gasteiger partial charge in [0.1, 0.15) is 6.04 Å². The number of rotatable bonds is 9. The van der Waals surface area contributed by atoms with Crippen LogP contribution in [0.4, 0.5) is 0 Å². The number of fused-ring (bicyclic) bond motifs is 1. The van der Waals surface area contributed by atoms with Crippen molar-refractivity contribution in [1.82, 2.24) is 20.5 Å². The van der Waals surface area contributed by atoms with E-state index in [2.05, 4.69) is 44.8 Å². The van der Waals surface area contributed by atoms with Gasteiger partial charge in [-0.25, -0.2) is 0 Å². The van der Waals surface area contributed by atoms with E-state index in [1.54, 1.807) is 0 Å². The average Bonchev–Trinajstić information content (AvgIpc) is 3.26. The number of para-hydroxylation sites is 1. The third kappa shape index (κ3) is 6.26. The minimum atomic E-state index is -0.632. The number of aromatic amines is 1. The zero-order valence-electron chi connectivity index (χ0n) is 20.3. The molecule has 1 aromatic heterocycles. The SMILES string of the molecule is CC(C)C(=O)NC(Cc1c[nH]c2ccccc12)C(=O)NCc1ccc(CN2CCCCC2)cc1. The molecule has 4 rings (SSSR count). The van der Waals surface area contributed by atoms with E-state index in [0.717, 1.165) is 28.6 Å². The number of nitrogens with one attached hydrogen (secondary N) is 3. The Morgan fingerprint density at radius 2 is 1.65 bits per heavy atom. The van der Waals surface area contributed by atoms with Gasteiger partial charge in [-0.3, -0.25) is 14.5 Å². The Balaban J connectivity index is 1.38. The molecule has 1 aliphatic rings. The molecule has 1 aliphatic heterocycles. The van der Waals surface area contributed by atoms with Crippen molar-refractivity contribution in [1.29, 1.82) is 0 Å². The van der Waals surface area contributed by atoms with Gasteiger partial charge >= 0.3 is 0 Å². The number of amides is 2. The van der Waals surface area contributed by atoms with Crippen LogP contribution in [0.5, 0.6) is 0 Å². The van der Waals surface area contributed by atoms with Crippen LogP contribution in [-0.2, 0) is 29.1 Å². The van der Waals surface area contributed by atoms with Crippen molar-refractivity contribution in [2.24, 2.45) is 5.92 Å². The molecule has 0 aliphatic carbocycles. The quantitative estimate of drug-likeness (QED) is 0.449. The Bertz CT molecular complexity index is 1100. The van der Waals surface area contributed by atoms with E-state index in [9.17, 15) is 9.59 Å². The summed E-state index contributed by atoms with van der Waals surface area (Å²) < 4.78 is 0. The third-order valence-corrected chi connectivity index (χ3v) is 6.60. The van der Waals surface area contributed by atoms with Crippen molar-refractivity contribution >= 4 is 22.7 Å². The van der Waals surface area contributed by atoms with Gasteiger partial charge in [-0.2, -0.15) is 0 Å². The molecule has 0 saturated carbocycles. The monoisotopic (exact) mass is 460 g/mol. The summed E-state index contributed by atoms with van der Waals surface area (Å²) in [5, 5.41) is 7.04. The van der Waals surface area contributed by atoms with E-state index in [1.807, 2.05) is 44.3 Å². The Morgan fingerprint density at radius 3 is 2.38 bits per heavy atom. The molecule has 1 saturated heterocycles. The largest absolute Gasteiger partial charge is 0.361 e. The molecule has 1 unspecified atom stereocenters. The molecule has 2 amide bonds. The molecule has 6 heteroatoms. The maximum atomic E-state index is 13.1. The summed E-state index contributed by atoms with van der Waals surface area (Å²) in [4.78, 5) is 31.3. The van der Waals surface area contributed by atoms with Crippen LogP contribution in [0.25, 0.3) is 10.9 Å². The highest BCUT2D eigenvalue weighted by Crippen LogP contribution is 2.19. The number of hydrogen-bond acceptors (Lipinski definition) is 3. The van der Waals surface area contributed by atoms with Gasteiger partial charge in [0.15, 0.2) is 0 Å². The lowest BCUT2D eigenvalue weighted by Crippen LogP contribution is -2.48. The standard InChI is InChI=1S/C28H36N4O2/c1-20(2)27(33)31-26(16-23-18-29-25-9-5-4-8-24(23)25)28(34)30-17-21-10-12-22(13-11-21)19-32-14-6-3-7-15-32/h4-5,8-13,18,20,26,29H,3,6-7,14-17,19H2,1-2H3,(H,30,34)(H,31,33). The first-order valence-corrected chi connectivity index (χ1v) is 12.4. The van der Waals surface area contributed by atoms with Gasteiger partial charge in [-0.05, 0) is 48.7 Å². The topological polar surface area (TPSA) is 77.2 Å². The average molecular weight is 461 g/mol. The first-order chi connectivity index (χ1) is 16.5. The van der Waals surface area contributed by atoms with Crippen LogP contribution in [0.15, 0.2) is 54.7 Å². The second-order valence-corrected chi connectivity index (χ2v) is 9.65. The minimum absolute atomic E-state index is 0.123. The van der Waals surface area contributed by atoms with Crippen LogP contribution in [-0.4, -0.2) is 40.8 Å². The van der Waals surface area contributed by atoms with Gasteiger partial charge in [-0.1, -0.05) is 62.7 Å². The molecule has 34 heavy (non-hydrogen) atoms. The Morgan fingerprint density at radius 1 is 0.941 bits per heavy atom. The van der Waals surface area contributed by atoms with Crippen LogP contribution >= 0.6 is 0 Å². The predicted molar refractivity (Wildman–Crippen MR) is 136 cm³/mol. The lowest BCUT2D eigenvalue weighted by atomic mass is 10.0. The Labute approximate surface area is 202 Å². The highest BCUT2D eigenvalue weighted by Gasteiger charge is 2.23. The summed E-state index contributed by atoms with van der Waals surface area (Å²) in [7, 11) is 0. The molecule has 0 bridgehead atoms. The highest BCUT2D eigenvalue weighted by atomic mass is 16.2. The molecule has 2 aromatic carbocycles. The van der Waals surface area contributed by atoms with Crippen LogP contribution in [0, 0.1) is 5.92 Å². The second kappa shape index (κ2) is 11.3. The fraction of sp³-hybridized carbons (Fsp3) is 0.429. The number of piperidine rings is 1. The van der Waals surface area contributed by atoms with E-state index in [0.29, 0.717) is 13.0 Å². The zero-order chi connectivity index (χ0) is 23.9. The molecule has 180 valence electrons. The van der Waals surface area contributed by atoms with Crippen molar-refractivity contribution in [3.05, 3.63) is 71.4 Å². The van der Waals surface area contributed by atoms with Gasteiger partial charge in [0.05, 0.1) is 0 Å². The van der Waals surface area contributed by atoms with Crippen LogP contribution in [0.2, 0.25) is 0 Å². The number of carbonyl (C=O) groups is 2. The zero-order valence-corrected chi connectivity index (χ0v) is 20.3. The summed E-state index contributed by atoms with van der Waals surface area (Å²) in [6, 6.07) is 15.8. The van der Waals surface area contributed by atoms with Crippen LogP contribution in [0.3, 0.4) is 0 Å². The summed E-state index contributed by atoms with van der Waals surface area (Å²) in [6.45, 7) is 7.45. The molecule has 1 fully saturated rings. The molecule has 0 radical (unpaired) electrons. The van der Waals surface area contributed by atoms with Gasteiger partial charge in [0.2, 0.25) is 11.8 Å². The minimum Gasteiger partial charge on any atom is -0.361 e. The summed E-state index contributed by atoms with van der Waals surface area (Å²) in [5.41, 5.74) is 4.40. The molecule has 3 N–H and O–H groups in total. The number of aromatic nitrogens is 1. The van der Waals surface area contributed by atoms with E-state index in [-0.39, 0.29) is 17.7 Å². The molecular formula is C28H36N4O2. The van der Waals surface area contributed by atoms with Crippen molar-refractivity contribution in [3.63, 3.8) is 0 Å². The molecule has 0 spiro atoms. The molecule has 1 atom stereocenters. The van der Waals surface area contributed by atoms with Crippen LogP contribution in [0.1, 0.15) is 49.8 Å². The first kappa shape index (κ1) is 24.0. The van der Waals surface area contributed by atoms with E-state index < -0.39 is 6.04 Å². The molecule has 2 heterocycles. The van der Waals surface area contributed by atoms with Gasteiger partial charge in [0, 0.05) is 42.5 Å². The van der Waals surface area contributed by atoms with Crippen molar-refractivity contribution in [3.8, 4) is 0 Å². The number of nitrogens with zero attached hydrogens (tertiary/aromatic N) is 1. The molecule has 3 aromatic rings. The summed E-state index contributed by atoms with van der Waals surface area (Å²) >= 11 is 0. The Hall–Kier alpha value is -3.12. The molecular weight excluding hydrogens is 424 g/mol. The van der Waals surface area contributed by atoms with Crippen LogP contribution < -0.4 is 10.6 Å². The first-order valence-electron chi connectivity index (χ1n) is 12.4. The normalized spacial score (nSPS) is 15.4. The summed E-state index contributed by atoms with van der Waals surface area (Å²) in [6.07, 6.45) is 6.28. The predicted octanol–water partition coefficient (Wildman–Crippen LogP) is 4.15. The number of H-pyrrole nitrogens is 1. The van der Waals surface area contributed by atoms with Crippen molar-refractivity contribution < 1.29 is 9.59 Å². The Kier molecular flexibility index (Phi) is 8.01. The fourth-order valence-electron chi connectivity index (χ4n) is 4.52. The van der Waals surface area contributed by atoms with Gasteiger partial charge in [0.25, 0.3) is 0 Å². The lowest BCUT2D eigenvalue weighted by Gasteiger charge is -2.26. The number of benzene rings is 2. The number of carbonyl (C=O) groups excluding carboxylic acids is 2. The number of hydrogen-bond donors (Lipinski definition) is 3. The van der Waals surface area contributed by atoms with E-state index in [4.69, 9.17) is 0 Å². The summed E-state index contributed by atoms with van der Waals surface area (Å²) in [5.74, 6) is -0.482. The van der Waals surface area contributed by atoms with E-state index in [1.165, 1.54) is 37.9 Å². The van der Waals surface area contributed by atoms with Crippen molar-refractivity contribution in [2.75, 3.05) is 13.1 Å². The van der Waals surface area contributed by atoms with Gasteiger partial charge < -0.3 is 15.6 Å². The third-order valence-electron chi connectivity index (χ3n) is 6.60. The van der Waals surface area contributed by atoms with Gasteiger partial charge in [-0.15, -0.1) is 0 Å². The smallest absolute Gasteiger partial charge is 0.243 e. The van der Waals surface area contributed by atoms with E-state index >= 15 is 0 Å². The second-order valence-electron chi connectivity index (χ2n) is 9.65. The lowest BCUT2D eigenvalue weighted by molar-refractivity contribution is -0.130. The maximum Gasteiger partial charge on any atom is 0.243 e. The molecule has 6 nitrogen and oxygen atoms in total. The fourth-order valence-corrected chi connectivity index (χ4v) is 4.52. The highest BCUT2D eigenvalue weighted by molar-refractivity contribution is 5.90. The number of likely N-dealkylation sites (tertiary alicyclic amines) is 1.